The van der Waals surface area contributed by atoms with Gasteiger partial charge in [-0.25, -0.2) is 8.42 Å². The third-order valence-corrected chi connectivity index (χ3v) is 7.08. The summed E-state index contributed by atoms with van der Waals surface area (Å²) in [4.78, 5) is 27.0. The van der Waals surface area contributed by atoms with Gasteiger partial charge in [0, 0.05) is 24.3 Å². The number of carbonyl (C=O) groups excluding carboxylic acids is 2. The lowest BCUT2D eigenvalue weighted by molar-refractivity contribution is -0.122. The lowest BCUT2D eigenvalue weighted by atomic mass is 10.1. The van der Waals surface area contributed by atoms with Gasteiger partial charge < -0.3 is 19.7 Å². The van der Waals surface area contributed by atoms with Crippen molar-refractivity contribution in [2.24, 2.45) is 5.92 Å². The predicted octanol–water partition coefficient (Wildman–Crippen LogP) is 3.89. The summed E-state index contributed by atoms with van der Waals surface area (Å²) in [7, 11) is -2.49. The first-order valence-electron chi connectivity index (χ1n) is 11.4. The van der Waals surface area contributed by atoms with E-state index in [1.165, 1.54) is 19.2 Å². The summed E-state index contributed by atoms with van der Waals surface area (Å²) in [6.07, 6.45) is 0.0619. The molecule has 1 fully saturated rings. The van der Waals surface area contributed by atoms with Gasteiger partial charge in [0.15, 0.2) is 0 Å². The van der Waals surface area contributed by atoms with Crippen LogP contribution in [0.15, 0.2) is 77.7 Å². The van der Waals surface area contributed by atoms with Crippen LogP contribution in [0.1, 0.15) is 13.3 Å². The third-order valence-electron chi connectivity index (χ3n) is 5.72. The number of hydrogen-bond acceptors (Lipinski definition) is 6. The molecule has 1 aliphatic heterocycles. The van der Waals surface area contributed by atoms with Gasteiger partial charge in [-0.05, 0) is 61.5 Å². The van der Waals surface area contributed by atoms with E-state index in [0.29, 0.717) is 35.2 Å². The largest absolute Gasteiger partial charge is 0.495 e. The normalized spacial score (nSPS) is 15.4. The molecule has 2 amide bonds. The van der Waals surface area contributed by atoms with Gasteiger partial charge in [-0.3, -0.25) is 14.3 Å². The van der Waals surface area contributed by atoms with Crippen LogP contribution in [0.4, 0.5) is 17.1 Å². The number of nitrogens with one attached hydrogen (secondary N) is 2. The van der Waals surface area contributed by atoms with Crippen LogP contribution in [0.25, 0.3) is 0 Å². The molecule has 1 atom stereocenters. The van der Waals surface area contributed by atoms with Crippen LogP contribution in [0, 0.1) is 5.92 Å². The molecule has 0 aromatic heterocycles. The Bertz CT molecular complexity index is 1360. The van der Waals surface area contributed by atoms with Gasteiger partial charge in [0.25, 0.3) is 10.0 Å². The molecule has 3 aromatic rings. The molecule has 188 valence electrons. The Morgan fingerprint density at radius 3 is 2.53 bits per heavy atom. The maximum absolute atomic E-state index is 12.9. The van der Waals surface area contributed by atoms with E-state index < -0.39 is 15.9 Å². The molecule has 1 aliphatic rings. The zero-order valence-electron chi connectivity index (χ0n) is 19.9. The summed E-state index contributed by atoms with van der Waals surface area (Å²) in [6, 6.07) is 19.7. The van der Waals surface area contributed by atoms with Gasteiger partial charge in [-0.1, -0.05) is 18.2 Å². The first kappa shape index (κ1) is 25.1. The Labute approximate surface area is 210 Å². The molecule has 0 spiro atoms. The summed E-state index contributed by atoms with van der Waals surface area (Å²) in [6.45, 7) is 2.67. The summed E-state index contributed by atoms with van der Waals surface area (Å²) in [5.74, 6) is 0.00226. The van der Waals surface area contributed by atoms with Gasteiger partial charge in [0.05, 0.1) is 30.2 Å². The van der Waals surface area contributed by atoms with E-state index >= 15 is 0 Å². The molecule has 1 heterocycles. The number of methoxy groups -OCH3 is 1. The van der Waals surface area contributed by atoms with Crippen LogP contribution >= 0.6 is 0 Å². The minimum Gasteiger partial charge on any atom is -0.495 e. The van der Waals surface area contributed by atoms with Crippen LogP contribution in [-0.2, 0) is 19.6 Å². The number of nitrogens with zero attached hydrogens (tertiary/aromatic N) is 1. The van der Waals surface area contributed by atoms with Crippen molar-refractivity contribution in [2.75, 3.05) is 35.2 Å². The molecule has 10 heteroatoms. The number of ether oxygens (including phenoxy) is 2. The fraction of sp³-hybridized carbons (Fsp3) is 0.231. The average molecular weight is 510 g/mol. The highest BCUT2D eigenvalue weighted by molar-refractivity contribution is 7.92. The lowest BCUT2D eigenvalue weighted by Gasteiger charge is -2.17. The van der Waals surface area contributed by atoms with Crippen LogP contribution in [0.2, 0.25) is 0 Å². The summed E-state index contributed by atoms with van der Waals surface area (Å²) in [5, 5.41) is 2.75. The second kappa shape index (κ2) is 10.7. The van der Waals surface area contributed by atoms with E-state index in [2.05, 4.69) is 10.0 Å². The highest BCUT2D eigenvalue weighted by Gasteiger charge is 2.35. The first-order chi connectivity index (χ1) is 17.3. The second-order valence-electron chi connectivity index (χ2n) is 8.16. The molecule has 1 saturated heterocycles. The van der Waals surface area contributed by atoms with Crippen molar-refractivity contribution in [1.82, 2.24) is 0 Å². The zero-order chi connectivity index (χ0) is 25.7. The van der Waals surface area contributed by atoms with Gasteiger partial charge in [-0.2, -0.15) is 0 Å². The predicted molar refractivity (Wildman–Crippen MR) is 137 cm³/mol. The summed E-state index contributed by atoms with van der Waals surface area (Å²) >= 11 is 0. The fourth-order valence-electron chi connectivity index (χ4n) is 3.94. The highest BCUT2D eigenvalue weighted by atomic mass is 32.2. The Morgan fingerprint density at radius 1 is 1.06 bits per heavy atom. The Morgan fingerprint density at radius 2 is 1.81 bits per heavy atom. The van der Waals surface area contributed by atoms with E-state index in [9.17, 15) is 18.0 Å². The van der Waals surface area contributed by atoms with E-state index in [1.807, 2.05) is 6.92 Å². The number of hydrogen-bond donors (Lipinski definition) is 2. The van der Waals surface area contributed by atoms with E-state index in [1.54, 1.807) is 65.6 Å². The molecule has 0 radical (unpaired) electrons. The monoisotopic (exact) mass is 509 g/mol. The second-order valence-corrected chi connectivity index (χ2v) is 9.84. The smallest absolute Gasteiger partial charge is 0.262 e. The molecule has 0 bridgehead atoms. The molecule has 4 rings (SSSR count). The third kappa shape index (κ3) is 5.60. The van der Waals surface area contributed by atoms with Crippen LogP contribution < -0.4 is 24.4 Å². The van der Waals surface area contributed by atoms with Crippen molar-refractivity contribution < 1.29 is 27.5 Å². The molecule has 3 aromatic carbocycles. The molecular formula is C26H27N3O6S. The summed E-state index contributed by atoms with van der Waals surface area (Å²) < 4.78 is 39.0. The van der Waals surface area contributed by atoms with Crippen molar-refractivity contribution in [1.29, 1.82) is 0 Å². The Hall–Kier alpha value is -4.05. The van der Waals surface area contributed by atoms with Crippen molar-refractivity contribution in [3.63, 3.8) is 0 Å². The molecule has 0 aliphatic carbocycles. The molecular weight excluding hydrogens is 482 g/mol. The van der Waals surface area contributed by atoms with Crippen LogP contribution in [0.3, 0.4) is 0 Å². The Kier molecular flexibility index (Phi) is 7.44. The SMILES string of the molecule is CCOc1ccc(N2CC(C(=O)Nc3cccc(S(=O)(=O)Nc4ccccc4OC)c3)CC2=O)cc1. The highest BCUT2D eigenvalue weighted by Crippen LogP contribution is 2.29. The number of amides is 2. The number of para-hydroxylation sites is 2. The summed E-state index contributed by atoms with van der Waals surface area (Å²) in [5.41, 5.74) is 1.30. The van der Waals surface area contributed by atoms with Gasteiger partial charge in [-0.15, -0.1) is 0 Å². The topological polar surface area (TPSA) is 114 Å². The number of benzene rings is 3. The van der Waals surface area contributed by atoms with Crippen molar-refractivity contribution in [3.05, 3.63) is 72.8 Å². The quantitative estimate of drug-likeness (QED) is 0.452. The number of carbonyl (C=O) groups is 2. The van der Waals surface area contributed by atoms with E-state index in [0.717, 1.165) is 0 Å². The molecule has 1 unspecified atom stereocenters. The standard InChI is InChI=1S/C26H27N3O6S/c1-3-35-21-13-11-20(12-14-21)29-17-18(15-25(29)30)26(31)27-19-7-6-8-22(16-19)36(32,33)28-23-9-4-5-10-24(23)34-2/h4-14,16,18,28H,3,15,17H2,1-2H3,(H,27,31). The molecule has 36 heavy (non-hydrogen) atoms. The van der Waals surface area contributed by atoms with Crippen molar-refractivity contribution in [2.45, 2.75) is 18.2 Å². The van der Waals surface area contributed by atoms with E-state index in [-0.39, 0.29) is 29.7 Å². The first-order valence-corrected chi connectivity index (χ1v) is 12.9. The maximum Gasteiger partial charge on any atom is 0.262 e. The maximum atomic E-state index is 12.9. The van der Waals surface area contributed by atoms with Crippen LogP contribution in [-0.4, -0.2) is 40.5 Å². The molecule has 0 saturated carbocycles. The minimum atomic E-state index is -3.94. The van der Waals surface area contributed by atoms with Crippen molar-refractivity contribution in [3.8, 4) is 11.5 Å². The van der Waals surface area contributed by atoms with Crippen LogP contribution in [0.5, 0.6) is 11.5 Å². The van der Waals surface area contributed by atoms with E-state index in [4.69, 9.17) is 9.47 Å². The van der Waals surface area contributed by atoms with Gasteiger partial charge in [0.2, 0.25) is 11.8 Å². The number of rotatable bonds is 9. The molecule has 2 N–H and O–H groups in total. The minimum absolute atomic E-state index is 0.0234. The lowest BCUT2D eigenvalue weighted by Crippen LogP contribution is -2.28. The fourth-order valence-corrected chi connectivity index (χ4v) is 5.06. The number of sulfonamides is 1. The number of anilines is 3. The van der Waals surface area contributed by atoms with Crippen molar-refractivity contribution >= 4 is 38.9 Å². The molecule has 9 nitrogen and oxygen atoms in total. The van der Waals surface area contributed by atoms with Gasteiger partial charge in [0.1, 0.15) is 11.5 Å². The average Bonchev–Trinajstić information content (AvgIpc) is 3.27. The van der Waals surface area contributed by atoms with Gasteiger partial charge >= 0.3 is 0 Å². The zero-order valence-corrected chi connectivity index (χ0v) is 20.7. The Balaban J connectivity index is 1.44.